The lowest BCUT2D eigenvalue weighted by atomic mass is 10.1. The number of alkyl halides is 3. The number of β-amino-alcohol motifs (C(OH)–C–C–N with tert-alkyl or cyclic N) is 1. The van der Waals surface area contributed by atoms with Crippen LogP contribution in [0.5, 0.6) is 5.75 Å². The number of aliphatic hydroxyl groups excluding tert-OH is 1. The van der Waals surface area contributed by atoms with Gasteiger partial charge in [-0.25, -0.2) is 0 Å². The van der Waals surface area contributed by atoms with Crippen molar-refractivity contribution in [1.82, 2.24) is 24.6 Å². The van der Waals surface area contributed by atoms with E-state index in [-0.39, 0.29) is 11.8 Å². The van der Waals surface area contributed by atoms with Crippen molar-refractivity contribution in [2.24, 2.45) is 0 Å². The van der Waals surface area contributed by atoms with Crippen molar-refractivity contribution >= 4 is 0 Å². The molecule has 0 aliphatic carbocycles. The van der Waals surface area contributed by atoms with Crippen molar-refractivity contribution in [3.05, 3.63) is 41.5 Å². The zero-order chi connectivity index (χ0) is 19.9. The Morgan fingerprint density at radius 2 is 2.07 bits per heavy atom. The van der Waals surface area contributed by atoms with Crippen molar-refractivity contribution in [2.45, 2.75) is 44.6 Å². The third-order valence-electron chi connectivity index (χ3n) is 5.17. The van der Waals surface area contributed by atoms with Crippen LogP contribution in [0, 0.1) is 0 Å². The van der Waals surface area contributed by atoms with Crippen LogP contribution >= 0.6 is 0 Å². The van der Waals surface area contributed by atoms with Crippen LogP contribution in [0.3, 0.4) is 0 Å². The van der Waals surface area contributed by atoms with Crippen LogP contribution < -0.4 is 4.74 Å². The van der Waals surface area contributed by atoms with E-state index in [4.69, 9.17) is 0 Å². The average molecular weight is 397 g/mol. The second-order valence-electron chi connectivity index (χ2n) is 7.39. The van der Waals surface area contributed by atoms with Crippen LogP contribution in [0.2, 0.25) is 0 Å². The predicted molar refractivity (Wildman–Crippen MR) is 93.3 cm³/mol. The summed E-state index contributed by atoms with van der Waals surface area (Å²) in [4.78, 5) is 4.20. The van der Waals surface area contributed by atoms with E-state index < -0.39 is 12.5 Å². The highest BCUT2D eigenvalue weighted by molar-refractivity contribution is 5.29. The van der Waals surface area contributed by atoms with Gasteiger partial charge < -0.3 is 14.4 Å². The molecule has 2 aliphatic rings. The topological polar surface area (TPSA) is 66.7 Å². The standard InChI is InChI=1S/C18H22F3N5O2/c1-24-5-6-26-16(11-24)22-23-17(26)15-8-13(27)10-25(15)9-12-3-2-4-14(7-12)28-18(19,20)21/h2-4,7,13,15,27H,5-6,8-11H2,1H3/t13-,15-/m0/s1. The van der Waals surface area contributed by atoms with Crippen molar-refractivity contribution in [1.29, 1.82) is 0 Å². The highest BCUT2D eigenvalue weighted by atomic mass is 19.4. The molecule has 2 aromatic rings. The summed E-state index contributed by atoms with van der Waals surface area (Å²) in [5, 5.41) is 18.9. The number of hydrogen-bond donors (Lipinski definition) is 1. The lowest BCUT2D eigenvalue weighted by molar-refractivity contribution is -0.274. The van der Waals surface area contributed by atoms with Crippen molar-refractivity contribution < 1.29 is 23.0 Å². The Bertz CT molecular complexity index is 841. The first-order valence-corrected chi connectivity index (χ1v) is 9.16. The minimum absolute atomic E-state index is 0.133. The van der Waals surface area contributed by atoms with E-state index in [2.05, 4.69) is 24.4 Å². The molecule has 0 bridgehead atoms. The number of likely N-dealkylation sites (N-methyl/N-ethyl adjacent to an activating group) is 1. The zero-order valence-electron chi connectivity index (χ0n) is 15.4. The van der Waals surface area contributed by atoms with Gasteiger partial charge in [0.1, 0.15) is 11.6 Å². The van der Waals surface area contributed by atoms with Gasteiger partial charge in [-0.05, 0) is 31.2 Å². The fourth-order valence-electron chi connectivity index (χ4n) is 3.95. The van der Waals surface area contributed by atoms with E-state index in [0.29, 0.717) is 25.1 Å². The van der Waals surface area contributed by atoms with Gasteiger partial charge in [0.15, 0.2) is 5.82 Å². The van der Waals surface area contributed by atoms with Gasteiger partial charge in [-0.3, -0.25) is 9.80 Å². The number of halogens is 3. The number of hydrogen-bond acceptors (Lipinski definition) is 6. The van der Waals surface area contributed by atoms with Crippen LogP contribution in [0.15, 0.2) is 24.3 Å². The maximum Gasteiger partial charge on any atom is 0.573 e. The fraction of sp³-hybridized carbons (Fsp3) is 0.556. The van der Waals surface area contributed by atoms with Crippen molar-refractivity contribution in [2.75, 3.05) is 20.1 Å². The van der Waals surface area contributed by atoms with E-state index in [1.54, 1.807) is 6.07 Å². The quantitative estimate of drug-likeness (QED) is 0.851. The summed E-state index contributed by atoms with van der Waals surface area (Å²) in [5.41, 5.74) is 0.680. The molecule has 0 saturated carbocycles. The van der Waals surface area contributed by atoms with Crippen LogP contribution in [0.4, 0.5) is 13.2 Å². The van der Waals surface area contributed by atoms with E-state index >= 15 is 0 Å². The van der Waals surface area contributed by atoms with Crippen LogP contribution in [0.25, 0.3) is 0 Å². The summed E-state index contributed by atoms with van der Waals surface area (Å²) in [6, 6.07) is 5.81. The Labute approximate surface area is 160 Å². The zero-order valence-corrected chi connectivity index (χ0v) is 15.4. The lowest BCUT2D eigenvalue weighted by Gasteiger charge is -2.27. The van der Waals surface area contributed by atoms with Gasteiger partial charge >= 0.3 is 6.36 Å². The molecule has 0 amide bonds. The molecule has 1 N–H and O–H groups in total. The number of rotatable bonds is 4. The van der Waals surface area contributed by atoms with Gasteiger partial charge in [-0.15, -0.1) is 23.4 Å². The van der Waals surface area contributed by atoms with Crippen molar-refractivity contribution in [3.63, 3.8) is 0 Å². The molecule has 2 atom stereocenters. The summed E-state index contributed by atoms with van der Waals surface area (Å²) in [6.07, 6.45) is -4.72. The van der Waals surface area contributed by atoms with E-state index in [9.17, 15) is 18.3 Å². The number of aliphatic hydroxyl groups is 1. The molecule has 10 heteroatoms. The monoisotopic (exact) mass is 397 g/mol. The Morgan fingerprint density at radius 1 is 1.25 bits per heavy atom. The molecule has 28 heavy (non-hydrogen) atoms. The minimum atomic E-state index is -4.72. The van der Waals surface area contributed by atoms with Gasteiger partial charge in [-0.1, -0.05) is 12.1 Å². The molecule has 1 aromatic carbocycles. The number of fused-ring (bicyclic) bond motifs is 1. The second kappa shape index (κ2) is 7.34. The van der Waals surface area contributed by atoms with Gasteiger partial charge in [-0.2, -0.15) is 0 Å². The first-order chi connectivity index (χ1) is 13.3. The number of benzene rings is 1. The molecule has 1 saturated heterocycles. The predicted octanol–water partition coefficient (Wildman–Crippen LogP) is 1.93. The van der Waals surface area contributed by atoms with Crippen molar-refractivity contribution in [3.8, 4) is 5.75 Å². The summed E-state index contributed by atoms with van der Waals surface area (Å²) in [7, 11) is 2.03. The highest BCUT2D eigenvalue weighted by Gasteiger charge is 2.37. The Kier molecular flexibility index (Phi) is 5.02. The number of likely N-dealkylation sites (tertiary alicyclic amines) is 1. The van der Waals surface area contributed by atoms with E-state index in [1.807, 2.05) is 11.9 Å². The third-order valence-corrected chi connectivity index (χ3v) is 5.17. The number of aromatic nitrogens is 3. The van der Waals surface area contributed by atoms with E-state index in [1.165, 1.54) is 18.2 Å². The highest BCUT2D eigenvalue weighted by Crippen LogP contribution is 2.34. The molecule has 152 valence electrons. The van der Waals surface area contributed by atoms with Gasteiger partial charge in [0.25, 0.3) is 0 Å². The molecule has 4 rings (SSSR count). The smallest absolute Gasteiger partial charge is 0.406 e. The summed E-state index contributed by atoms with van der Waals surface area (Å²) < 4.78 is 43.5. The first kappa shape index (κ1) is 19.2. The Balaban J connectivity index is 1.54. The molecule has 7 nitrogen and oxygen atoms in total. The van der Waals surface area contributed by atoms with Gasteiger partial charge in [0.05, 0.1) is 18.7 Å². The van der Waals surface area contributed by atoms with Crippen LogP contribution in [-0.4, -0.2) is 62.3 Å². The molecular formula is C18H22F3N5O2. The maximum absolute atomic E-state index is 12.5. The Hall–Kier alpha value is -2.17. The molecular weight excluding hydrogens is 375 g/mol. The van der Waals surface area contributed by atoms with E-state index in [0.717, 1.165) is 31.3 Å². The molecule has 3 heterocycles. The molecule has 1 aromatic heterocycles. The largest absolute Gasteiger partial charge is 0.573 e. The average Bonchev–Trinajstić information content (AvgIpc) is 3.16. The minimum Gasteiger partial charge on any atom is -0.406 e. The summed E-state index contributed by atoms with van der Waals surface area (Å²) in [6.45, 7) is 3.21. The number of nitrogens with zero attached hydrogens (tertiary/aromatic N) is 5. The molecule has 2 aliphatic heterocycles. The van der Waals surface area contributed by atoms with Gasteiger partial charge in [0, 0.05) is 26.2 Å². The SMILES string of the molecule is CN1CCn2c(nnc2[C@@H]2C[C@H](O)CN2Cc2cccc(OC(F)(F)F)c2)C1. The molecule has 1 fully saturated rings. The Morgan fingerprint density at radius 3 is 2.86 bits per heavy atom. The lowest BCUT2D eigenvalue weighted by Crippen LogP contribution is -2.33. The molecule has 0 spiro atoms. The molecule has 0 radical (unpaired) electrons. The first-order valence-electron chi connectivity index (χ1n) is 9.16. The van der Waals surface area contributed by atoms with Crippen LogP contribution in [-0.2, 0) is 19.6 Å². The third kappa shape index (κ3) is 4.13. The second-order valence-corrected chi connectivity index (χ2v) is 7.39. The normalized spacial score (nSPS) is 23.8. The maximum atomic E-state index is 12.5. The van der Waals surface area contributed by atoms with Crippen LogP contribution in [0.1, 0.15) is 29.7 Å². The fourth-order valence-corrected chi connectivity index (χ4v) is 3.95. The van der Waals surface area contributed by atoms with Gasteiger partial charge in [0.2, 0.25) is 0 Å². The number of ether oxygens (including phenoxy) is 1. The summed E-state index contributed by atoms with van der Waals surface area (Å²) in [5.74, 6) is 1.46. The summed E-state index contributed by atoms with van der Waals surface area (Å²) >= 11 is 0. The molecule has 0 unspecified atom stereocenters.